The van der Waals surface area contributed by atoms with Gasteiger partial charge in [-0.25, -0.2) is 0 Å². The molecule has 86 valence electrons. The molecule has 0 aromatic heterocycles. The van der Waals surface area contributed by atoms with Gasteiger partial charge in [-0.3, -0.25) is 9.59 Å². The maximum atomic E-state index is 11.7. The predicted molar refractivity (Wildman–Crippen MR) is 63.4 cm³/mol. The van der Waals surface area contributed by atoms with E-state index in [0.29, 0.717) is 17.7 Å². The summed E-state index contributed by atoms with van der Waals surface area (Å²) in [6.07, 6.45) is 0.422. The fourth-order valence-electron chi connectivity index (χ4n) is 1.24. The minimum Gasteiger partial charge on any atom is -0.345 e. The molecule has 0 aliphatic heterocycles. The van der Waals surface area contributed by atoms with E-state index in [9.17, 15) is 9.59 Å². The number of nitrogens with zero attached hydrogens (tertiary/aromatic N) is 1. The summed E-state index contributed by atoms with van der Waals surface area (Å²) in [5.41, 5.74) is 1.22. The molecular weight excluding hydrogens is 204 g/mol. The highest BCUT2D eigenvalue weighted by Crippen LogP contribution is 2.12. The number of hydrogen-bond donors (Lipinski definition) is 1. The summed E-state index contributed by atoms with van der Waals surface area (Å²) in [4.78, 5) is 24.4. The van der Waals surface area contributed by atoms with E-state index in [2.05, 4.69) is 5.32 Å². The SMILES string of the molecule is CCC(=O)Nc1cccc(C(=O)N(C)C)c1. The van der Waals surface area contributed by atoms with Crippen LogP contribution in [-0.4, -0.2) is 30.8 Å². The van der Waals surface area contributed by atoms with Crippen molar-refractivity contribution < 1.29 is 9.59 Å². The van der Waals surface area contributed by atoms with E-state index in [1.807, 2.05) is 0 Å². The second-order valence-electron chi connectivity index (χ2n) is 3.68. The Balaban J connectivity index is 2.87. The Hall–Kier alpha value is -1.84. The van der Waals surface area contributed by atoms with Gasteiger partial charge >= 0.3 is 0 Å². The third-order valence-corrected chi connectivity index (χ3v) is 2.12. The molecule has 4 heteroatoms. The van der Waals surface area contributed by atoms with Gasteiger partial charge in [-0.15, -0.1) is 0 Å². The molecule has 1 aromatic rings. The van der Waals surface area contributed by atoms with Gasteiger partial charge in [0, 0.05) is 31.8 Å². The lowest BCUT2D eigenvalue weighted by molar-refractivity contribution is -0.115. The van der Waals surface area contributed by atoms with Crippen molar-refractivity contribution in [1.82, 2.24) is 4.90 Å². The Morgan fingerprint density at radius 2 is 2.00 bits per heavy atom. The summed E-state index contributed by atoms with van der Waals surface area (Å²) in [5, 5.41) is 2.72. The van der Waals surface area contributed by atoms with Crippen molar-refractivity contribution in [3.05, 3.63) is 29.8 Å². The van der Waals surface area contributed by atoms with E-state index >= 15 is 0 Å². The summed E-state index contributed by atoms with van der Waals surface area (Å²) < 4.78 is 0. The summed E-state index contributed by atoms with van der Waals surface area (Å²) in [5.74, 6) is -0.137. The molecule has 0 bridgehead atoms. The van der Waals surface area contributed by atoms with Gasteiger partial charge in [-0.2, -0.15) is 0 Å². The number of amides is 2. The quantitative estimate of drug-likeness (QED) is 0.843. The van der Waals surface area contributed by atoms with Crippen molar-refractivity contribution in [1.29, 1.82) is 0 Å². The average molecular weight is 220 g/mol. The highest BCUT2D eigenvalue weighted by atomic mass is 16.2. The summed E-state index contributed by atoms with van der Waals surface area (Å²) in [6, 6.07) is 6.92. The van der Waals surface area contributed by atoms with Crippen molar-refractivity contribution in [2.24, 2.45) is 0 Å². The lowest BCUT2D eigenvalue weighted by Crippen LogP contribution is -2.21. The number of benzene rings is 1. The van der Waals surface area contributed by atoms with Gasteiger partial charge in [-0.05, 0) is 18.2 Å². The molecule has 16 heavy (non-hydrogen) atoms. The molecule has 0 saturated heterocycles. The number of carbonyl (C=O) groups is 2. The van der Waals surface area contributed by atoms with Gasteiger partial charge < -0.3 is 10.2 Å². The van der Waals surface area contributed by atoms with E-state index in [4.69, 9.17) is 0 Å². The normalized spacial score (nSPS) is 9.69. The maximum Gasteiger partial charge on any atom is 0.253 e. The van der Waals surface area contributed by atoms with E-state index in [-0.39, 0.29) is 11.8 Å². The molecule has 1 aromatic carbocycles. The van der Waals surface area contributed by atoms with Crippen LogP contribution in [0.3, 0.4) is 0 Å². The first-order valence-corrected chi connectivity index (χ1v) is 5.16. The molecule has 0 atom stereocenters. The molecule has 0 unspecified atom stereocenters. The summed E-state index contributed by atoms with van der Waals surface area (Å²) >= 11 is 0. The van der Waals surface area contributed by atoms with Crippen LogP contribution >= 0.6 is 0 Å². The zero-order valence-corrected chi connectivity index (χ0v) is 9.78. The molecular formula is C12H16N2O2. The molecule has 2 amide bonds. The van der Waals surface area contributed by atoms with Crippen LogP contribution in [0, 0.1) is 0 Å². The van der Waals surface area contributed by atoms with Gasteiger partial charge in [0.2, 0.25) is 5.91 Å². The minimum atomic E-state index is -0.0763. The number of anilines is 1. The van der Waals surface area contributed by atoms with Crippen molar-refractivity contribution in [3.63, 3.8) is 0 Å². The molecule has 1 N–H and O–H groups in total. The second kappa shape index (κ2) is 5.30. The van der Waals surface area contributed by atoms with E-state index < -0.39 is 0 Å². The van der Waals surface area contributed by atoms with Crippen LogP contribution in [-0.2, 0) is 4.79 Å². The first-order chi connectivity index (χ1) is 7.54. The predicted octanol–water partition coefficient (Wildman–Crippen LogP) is 1.74. The molecule has 4 nitrogen and oxygen atoms in total. The smallest absolute Gasteiger partial charge is 0.253 e. The number of rotatable bonds is 3. The first-order valence-electron chi connectivity index (χ1n) is 5.16. The van der Waals surface area contributed by atoms with Gasteiger partial charge in [0.15, 0.2) is 0 Å². The van der Waals surface area contributed by atoms with Crippen molar-refractivity contribution in [2.45, 2.75) is 13.3 Å². The highest BCUT2D eigenvalue weighted by molar-refractivity contribution is 5.96. The Labute approximate surface area is 95.3 Å². The maximum absolute atomic E-state index is 11.7. The summed E-state index contributed by atoms with van der Waals surface area (Å²) in [7, 11) is 3.39. The Morgan fingerprint density at radius 1 is 1.31 bits per heavy atom. The monoisotopic (exact) mass is 220 g/mol. The molecule has 0 aliphatic rings. The molecule has 0 aliphatic carbocycles. The lowest BCUT2D eigenvalue weighted by Gasteiger charge is -2.11. The lowest BCUT2D eigenvalue weighted by atomic mass is 10.2. The van der Waals surface area contributed by atoms with Crippen molar-refractivity contribution in [2.75, 3.05) is 19.4 Å². The van der Waals surface area contributed by atoms with Crippen LogP contribution in [0.2, 0.25) is 0 Å². The zero-order valence-electron chi connectivity index (χ0n) is 9.78. The fourth-order valence-corrected chi connectivity index (χ4v) is 1.24. The Kier molecular flexibility index (Phi) is 4.05. The van der Waals surface area contributed by atoms with Gasteiger partial charge in [0.05, 0.1) is 0 Å². The molecule has 1 rings (SSSR count). The van der Waals surface area contributed by atoms with Gasteiger partial charge in [0.1, 0.15) is 0 Å². The standard InChI is InChI=1S/C12H16N2O2/c1-4-11(15)13-10-7-5-6-9(8-10)12(16)14(2)3/h5-8H,4H2,1-3H3,(H,13,15). The first kappa shape index (κ1) is 12.2. The number of hydrogen-bond acceptors (Lipinski definition) is 2. The largest absolute Gasteiger partial charge is 0.345 e. The molecule has 0 heterocycles. The highest BCUT2D eigenvalue weighted by Gasteiger charge is 2.08. The topological polar surface area (TPSA) is 49.4 Å². The van der Waals surface area contributed by atoms with Crippen molar-refractivity contribution in [3.8, 4) is 0 Å². The zero-order chi connectivity index (χ0) is 12.1. The van der Waals surface area contributed by atoms with Crippen LogP contribution < -0.4 is 5.32 Å². The molecule has 0 radical (unpaired) electrons. The molecule has 0 spiro atoms. The minimum absolute atomic E-state index is 0.0607. The number of nitrogens with one attached hydrogen (secondary N) is 1. The van der Waals surface area contributed by atoms with Crippen molar-refractivity contribution >= 4 is 17.5 Å². The average Bonchev–Trinajstić information content (AvgIpc) is 2.28. The van der Waals surface area contributed by atoms with E-state index in [1.54, 1.807) is 45.3 Å². The van der Waals surface area contributed by atoms with Gasteiger partial charge in [0.25, 0.3) is 5.91 Å². The van der Waals surface area contributed by atoms with E-state index in [1.165, 1.54) is 4.90 Å². The van der Waals surface area contributed by atoms with Crippen LogP contribution in [0.4, 0.5) is 5.69 Å². The Morgan fingerprint density at radius 3 is 2.56 bits per heavy atom. The number of carbonyl (C=O) groups excluding carboxylic acids is 2. The second-order valence-corrected chi connectivity index (χ2v) is 3.68. The fraction of sp³-hybridized carbons (Fsp3) is 0.333. The van der Waals surface area contributed by atoms with Crippen LogP contribution in [0.1, 0.15) is 23.7 Å². The molecule has 0 saturated carbocycles. The van der Waals surface area contributed by atoms with Crippen LogP contribution in [0.15, 0.2) is 24.3 Å². The van der Waals surface area contributed by atoms with Crippen LogP contribution in [0.25, 0.3) is 0 Å². The van der Waals surface area contributed by atoms with Gasteiger partial charge in [-0.1, -0.05) is 13.0 Å². The molecule has 0 fully saturated rings. The third-order valence-electron chi connectivity index (χ3n) is 2.12. The third kappa shape index (κ3) is 3.08. The van der Waals surface area contributed by atoms with E-state index in [0.717, 1.165) is 0 Å². The van der Waals surface area contributed by atoms with Crippen LogP contribution in [0.5, 0.6) is 0 Å². The Bertz CT molecular complexity index is 400. The summed E-state index contributed by atoms with van der Waals surface area (Å²) in [6.45, 7) is 1.78.